The number of oxazole rings is 1. The quantitative estimate of drug-likeness (QED) is 0.489. The molecule has 4 rings (SSSR count). The van der Waals surface area contributed by atoms with Crippen molar-refractivity contribution in [2.45, 2.75) is 19.6 Å². The lowest BCUT2D eigenvalue weighted by molar-refractivity contribution is 0.0299. The third-order valence-electron chi connectivity index (χ3n) is 5.16. The summed E-state index contributed by atoms with van der Waals surface area (Å²) in [4.78, 5) is 20.8. The molecule has 0 spiro atoms. The van der Waals surface area contributed by atoms with Crippen molar-refractivity contribution in [2.24, 2.45) is 0 Å². The topological polar surface area (TPSA) is 58.8 Å². The SMILES string of the molecule is O=C(c1coc(CN(Cc2ccc(F)cc2)Cc2ccc(Cl)cc2Cl)n1)N1CCOCC1. The van der Waals surface area contributed by atoms with Gasteiger partial charge in [0.1, 0.15) is 12.1 Å². The molecule has 2 heterocycles. The van der Waals surface area contributed by atoms with Crippen LogP contribution in [0.4, 0.5) is 4.39 Å². The van der Waals surface area contributed by atoms with Gasteiger partial charge >= 0.3 is 0 Å². The van der Waals surface area contributed by atoms with Crippen molar-refractivity contribution in [1.29, 1.82) is 0 Å². The number of amides is 1. The Labute approximate surface area is 195 Å². The highest BCUT2D eigenvalue weighted by atomic mass is 35.5. The van der Waals surface area contributed by atoms with E-state index in [1.807, 2.05) is 6.07 Å². The minimum atomic E-state index is -0.292. The van der Waals surface area contributed by atoms with Gasteiger partial charge in [-0.1, -0.05) is 41.4 Å². The number of morpholine rings is 1. The third-order valence-corrected chi connectivity index (χ3v) is 5.74. The lowest BCUT2D eigenvalue weighted by Gasteiger charge is -2.25. The van der Waals surface area contributed by atoms with Crippen molar-refractivity contribution in [3.05, 3.63) is 87.3 Å². The van der Waals surface area contributed by atoms with Gasteiger partial charge in [-0.2, -0.15) is 0 Å². The number of rotatable bonds is 7. The molecule has 0 aliphatic carbocycles. The monoisotopic (exact) mass is 477 g/mol. The number of halogens is 3. The number of aromatic nitrogens is 1. The Kier molecular flexibility index (Phi) is 7.42. The van der Waals surface area contributed by atoms with Crippen molar-refractivity contribution in [2.75, 3.05) is 26.3 Å². The van der Waals surface area contributed by atoms with Crippen molar-refractivity contribution in [3.8, 4) is 0 Å². The van der Waals surface area contributed by atoms with Crippen LogP contribution in [0.25, 0.3) is 0 Å². The third kappa shape index (κ3) is 5.86. The van der Waals surface area contributed by atoms with Crippen LogP contribution in [0.1, 0.15) is 27.5 Å². The van der Waals surface area contributed by atoms with Gasteiger partial charge in [-0.3, -0.25) is 9.69 Å². The van der Waals surface area contributed by atoms with Gasteiger partial charge in [0, 0.05) is 36.2 Å². The highest BCUT2D eigenvalue weighted by Gasteiger charge is 2.22. The van der Waals surface area contributed by atoms with Crippen LogP contribution in [0.3, 0.4) is 0 Å². The van der Waals surface area contributed by atoms with Crippen LogP contribution in [0.15, 0.2) is 53.1 Å². The first-order chi connectivity index (χ1) is 15.5. The summed E-state index contributed by atoms with van der Waals surface area (Å²) in [6.07, 6.45) is 1.39. The maximum Gasteiger partial charge on any atom is 0.275 e. The molecule has 2 aromatic carbocycles. The Morgan fingerprint density at radius 3 is 2.53 bits per heavy atom. The van der Waals surface area contributed by atoms with E-state index >= 15 is 0 Å². The van der Waals surface area contributed by atoms with Crippen molar-refractivity contribution >= 4 is 29.1 Å². The molecule has 9 heteroatoms. The number of hydrogen-bond donors (Lipinski definition) is 0. The molecule has 1 aliphatic rings. The van der Waals surface area contributed by atoms with E-state index in [-0.39, 0.29) is 17.4 Å². The van der Waals surface area contributed by atoms with E-state index in [1.165, 1.54) is 18.4 Å². The van der Waals surface area contributed by atoms with Crippen LogP contribution in [0, 0.1) is 5.82 Å². The molecule has 1 amide bonds. The molecule has 0 radical (unpaired) electrons. The molecule has 32 heavy (non-hydrogen) atoms. The van der Waals surface area contributed by atoms with Crippen molar-refractivity contribution in [3.63, 3.8) is 0 Å². The van der Waals surface area contributed by atoms with E-state index < -0.39 is 0 Å². The Bertz CT molecular complexity index is 1070. The fraction of sp³-hybridized carbons (Fsp3) is 0.304. The summed E-state index contributed by atoms with van der Waals surface area (Å²) in [5.41, 5.74) is 2.08. The van der Waals surface area contributed by atoms with Crippen LogP contribution in [-0.4, -0.2) is 47.0 Å². The Morgan fingerprint density at radius 2 is 1.81 bits per heavy atom. The van der Waals surface area contributed by atoms with Gasteiger partial charge in [0.05, 0.1) is 19.8 Å². The van der Waals surface area contributed by atoms with E-state index in [0.29, 0.717) is 61.9 Å². The number of ether oxygens (including phenoxy) is 1. The van der Waals surface area contributed by atoms with Gasteiger partial charge < -0.3 is 14.1 Å². The fourth-order valence-corrected chi connectivity index (χ4v) is 3.98. The van der Waals surface area contributed by atoms with E-state index in [1.54, 1.807) is 29.2 Å². The van der Waals surface area contributed by atoms with Crippen molar-refractivity contribution < 1.29 is 18.3 Å². The standard InChI is InChI=1S/C23H22Cl2FN3O3/c24-18-4-3-17(20(25)11-18)13-28(12-16-1-5-19(26)6-2-16)14-22-27-21(15-32-22)23(30)29-7-9-31-10-8-29/h1-6,11,15H,7-10,12-14H2. The highest BCUT2D eigenvalue weighted by molar-refractivity contribution is 6.35. The van der Waals surface area contributed by atoms with Gasteiger partial charge in [-0.25, -0.2) is 9.37 Å². The molecule has 168 valence electrons. The van der Waals surface area contributed by atoms with Crippen LogP contribution in [-0.2, 0) is 24.4 Å². The number of carbonyl (C=O) groups is 1. The minimum Gasteiger partial charge on any atom is -0.447 e. The van der Waals surface area contributed by atoms with Gasteiger partial charge in [-0.05, 0) is 35.4 Å². The average Bonchev–Trinajstić information content (AvgIpc) is 3.26. The summed E-state index contributed by atoms with van der Waals surface area (Å²) in [6.45, 7) is 3.44. The maximum absolute atomic E-state index is 13.3. The number of nitrogens with zero attached hydrogens (tertiary/aromatic N) is 3. The summed E-state index contributed by atoms with van der Waals surface area (Å²) >= 11 is 12.4. The summed E-state index contributed by atoms with van der Waals surface area (Å²) < 4.78 is 24.2. The number of benzene rings is 2. The number of carbonyl (C=O) groups excluding carboxylic acids is 1. The van der Waals surface area contributed by atoms with Crippen LogP contribution < -0.4 is 0 Å². The fourth-order valence-electron chi connectivity index (χ4n) is 3.51. The summed E-state index contributed by atoms with van der Waals surface area (Å²) in [7, 11) is 0. The minimum absolute atomic E-state index is 0.172. The van der Waals surface area contributed by atoms with Crippen LogP contribution >= 0.6 is 23.2 Å². The predicted octanol–water partition coefficient (Wildman–Crippen LogP) is 4.80. The van der Waals surface area contributed by atoms with E-state index in [9.17, 15) is 9.18 Å². The molecule has 1 aliphatic heterocycles. The highest BCUT2D eigenvalue weighted by Crippen LogP contribution is 2.24. The molecule has 0 bridgehead atoms. The van der Waals surface area contributed by atoms with E-state index in [4.69, 9.17) is 32.4 Å². The van der Waals surface area contributed by atoms with Gasteiger partial charge in [0.2, 0.25) is 5.89 Å². The predicted molar refractivity (Wildman–Crippen MR) is 119 cm³/mol. The first kappa shape index (κ1) is 22.7. The largest absolute Gasteiger partial charge is 0.447 e. The van der Waals surface area contributed by atoms with Gasteiger partial charge in [0.25, 0.3) is 5.91 Å². The Balaban J connectivity index is 1.51. The summed E-state index contributed by atoms with van der Waals surface area (Å²) in [6, 6.07) is 11.6. The van der Waals surface area contributed by atoms with E-state index in [2.05, 4.69) is 9.88 Å². The molecule has 1 aromatic heterocycles. The van der Waals surface area contributed by atoms with Gasteiger partial charge in [-0.15, -0.1) is 0 Å². The smallest absolute Gasteiger partial charge is 0.275 e. The van der Waals surface area contributed by atoms with Crippen LogP contribution in [0.2, 0.25) is 10.0 Å². The lowest BCUT2D eigenvalue weighted by atomic mass is 10.1. The average molecular weight is 478 g/mol. The van der Waals surface area contributed by atoms with Crippen molar-refractivity contribution in [1.82, 2.24) is 14.8 Å². The normalized spacial score (nSPS) is 14.2. The molecule has 3 aromatic rings. The molecule has 6 nitrogen and oxygen atoms in total. The second-order valence-electron chi connectivity index (χ2n) is 7.54. The number of hydrogen-bond acceptors (Lipinski definition) is 5. The van der Waals surface area contributed by atoms with E-state index in [0.717, 1.165) is 11.1 Å². The first-order valence-electron chi connectivity index (χ1n) is 10.2. The summed E-state index contributed by atoms with van der Waals surface area (Å²) in [5, 5.41) is 1.11. The molecular formula is C23H22Cl2FN3O3. The first-order valence-corrected chi connectivity index (χ1v) is 11.0. The molecule has 1 saturated heterocycles. The molecule has 0 saturated carbocycles. The Morgan fingerprint density at radius 1 is 1.06 bits per heavy atom. The Hall–Kier alpha value is -2.45. The molecule has 0 N–H and O–H groups in total. The zero-order valence-corrected chi connectivity index (χ0v) is 18.8. The molecule has 0 atom stereocenters. The zero-order chi connectivity index (χ0) is 22.5. The summed E-state index contributed by atoms with van der Waals surface area (Å²) in [5.74, 6) is -0.0528. The second-order valence-corrected chi connectivity index (χ2v) is 8.38. The van der Waals surface area contributed by atoms with Gasteiger partial charge in [0.15, 0.2) is 5.69 Å². The van der Waals surface area contributed by atoms with Crippen LogP contribution in [0.5, 0.6) is 0 Å². The lowest BCUT2D eigenvalue weighted by Crippen LogP contribution is -2.40. The molecular weight excluding hydrogens is 456 g/mol. The zero-order valence-electron chi connectivity index (χ0n) is 17.3. The second kappa shape index (κ2) is 10.4. The maximum atomic E-state index is 13.3. The molecule has 1 fully saturated rings. The molecule has 0 unspecified atom stereocenters.